The van der Waals surface area contributed by atoms with Gasteiger partial charge in [0.25, 0.3) is 5.91 Å². The quantitative estimate of drug-likeness (QED) is 0.518. The molecule has 0 aliphatic rings. The molecule has 1 aromatic carbocycles. The van der Waals surface area contributed by atoms with Crippen molar-refractivity contribution in [3.05, 3.63) is 29.3 Å². The van der Waals surface area contributed by atoms with Crippen molar-refractivity contribution in [1.82, 2.24) is 4.90 Å². The van der Waals surface area contributed by atoms with Gasteiger partial charge in [-0.15, -0.1) is 12.4 Å². The van der Waals surface area contributed by atoms with E-state index in [1.807, 2.05) is 26.8 Å². The lowest BCUT2D eigenvalue weighted by atomic mass is 10.1. The van der Waals surface area contributed by atoms with Crippen LogP contribution in [0.15, 0.2) is 18.2 Å². The number of halogens is 1. The Labute approximate surface area is 150 Å². The molecular weight excluding hydrogens is 332 g/mol. The van der Waals surface area contributed by atoms with E-state index in [2.05, 4.69) is 0 Å². The van der Waals surface area contributed by atoms with Gasteiger partial charge in [0.05, 0.1) is 32.0 Å². The second kappa shape index (κ2) is 11.3. The van der Waals surface area contributed by atoms with Gasteiger partial charge in [0, 0.05) is 24.8 Å². The number of likely N-dealkylation sites (N-methyl/N-ethyl adjacent to an activating group) is 1. The van der Waals surface area contributed by atoms with Crippen molar-refractivity contribution in [2.24, 2.45) is 0 Å². The Morgan fingerprint density at radius 2 is 2.00 bits per heavy atom. The molecule has 1 amide bonds. The third-order valence-electron chi connectivity index (χ3n) is 3.31. The van der Waals surface area contributed by atoms with E-state index >= 15 is 0 Å². The van der Waals surface area contributed by atoms with Gasteiger partial charge in [0.1, 0.15) is 0 Å². The lowest BCUT2D eigenvalue weighted by molar-refractivity contribution is -0.0160. The molecule has 0 heterocycles. The van der Waals surface area contributed by atoms with Crippen LogP contribution in [0.25, 0.3) is 0 Å². The summed E-state index contributed by atoms with van der Waals surface area (Å²) in [6.45, 7) is 7.02. The minimum Gasteiger partial charge on any atom is -0.399 e. The fourth-order valence-corrected chi connectivity index (χ4v) is 2.09. The highest BCUT2D eigenvalue weighted by Gasteiger charge is 2.17. The van der Waals surface area contributed by atoms with Crippen molar-refractivity contribution in [1.29, 1.82) is 0 Å². The summed E-state index contributed by atoms with van der Waals surface area (Å²) in [4.78, 5) is 13.9. The maximum absolute atomic E-state index is 12.4. The Morgan fingerprint density at radius 1 is 1.33 bits per heavy atom. The number of rotatable bonds is 9. The minimum atomic E-state index is -0.746. The zero-order chi connectivity index (χ0) is 17.4. The Morgan fingerprint density at radius 3 is 2.62 bits per heavy atom. The van der Waals surface area contributed by atoms with Gasteiger partial charge < -0.3 is 25.2 Å². The summed E-state index contributed by atoms with van der Waals surface area (Å²) < 4.78 is 10.7. The highest BCUT2D eigenvalue weighted by atomic mass is 35.5. The van der Waals surface area contributed by atoms with Crippen molar-refractivity contribution in [2.75, 3.05) is 39.1 Å². The van der Waals surface area contributed by atoms with Crippen molar-refractivity contribution in [3.8, 4) is 0 Å². The first kappa shape index (κ1) is 22.7. The molecule has 0 saturated carbocycles. The normalized spacial score (nSPS) is 11.9. The first-order valence-corrected chi connectivity index (χ1v) is 7.80. The number of aliphatic hydroxyl groups is 1. The summed E-state index contributed by atoms with van der Waals surface area (Å²) in [6.07, 6.45) is -0.585. The number of amides is 1. The van der Waals surface area contributed by atoms with Crippen LogP contribution < -0.4 is 5.73 Å². The van der Waals surface area contributed by atoms with Gasteiger partial charge in [-0.3, -0.25) is 4.79 Å². The number of carbonyl (C=O) groups is 1. The van der Waals surface area contributed by atoms with Crippen LogP contribution in [0.3, 0.4) is 0 Å². The molecule has 0 radical (unpaired) electrons. The summed E-state index contributed by atoms with van der Waals surface area (Å²) in [5.74, 6) is -0.169. The number of aliphatic hydroxyl groups excluding tert-OH is 1. The number of nitrogens with zero attached hydrogens (tertiary/aromatic N) is 1. The van der Waals surface area contributed by atoms with Crippen molar-refractivity contribution in [2.45, 2.75) is 33.0 Å². The fourth-order valence-electron chi connectivity index (χ4n) is 2.09. The van der Waals surface area contributed by atoms with Crippen LogP contribution in [0.4, 0.5) is 5.69 Å². The van der Waals surface area contributed by atoms with Crippen molar-refractivity contribution < 1.29 is 19.4 Å². The van der Waals surface area contributed by atoms with Crippen molar-refractivity contribution in [3.63, 3.8) is 0 Å². The van der Waals surface area contributed by atoms with Crippen LogP contribution >= 0.6 is 12.4 Å². The highest BCUT2D eigenvalue weighted by Crippen LogP contribution is 2.14. The summed E-state index contributed by atoms with van der Waals surface area (Å²) in [5, 5.41) is 9.96. The smallest absolute Gasteiger partial charge is 0.254 e. The summed E-state index contributed by atoms with van der Waals surface area (Å²) in [5.41, 5.74) is 7.67. The van der Waals surface area contributed by atoms with Gasteiger partial charge >= 0.3 is 0 Å². The lowest BCUT2D eigenvalue weighted by Crippen LogP contribution is -2.37. The number of ether oxygens (including phenoxy) is 2. The van der Waals surface area contributed by atoms with Crippen LogP contribution in [0.5, 0.6) is 0 Å². The number of benzene rings is 1. The standard InChI is InChI=1S/C17H28N2O4.ClH/c1-12(2)23-8-7-22-11-15(20)10-19(4)17(21)16-9-14(18)6-5-13(16)3;/h5-6,9,12,15,20H,7-8,10-11,18H2,1-4H3;1H. The first-order valence-electron chi connectivity index (χ1n) is 7.80. The second-order valence-corrected chi connectivity index (χ2v) is 5.91. The molecule has 1 atom stereocenters. The largest absolute Gasteiger partial charge is 0.399 e. The molecule has 0 aromatic heterocycles. The first-order chi connectivity index (χ1) is 10.8. The molecule has 6 nitrogen and oxygen atoms in total. The molecule has 0 bridgehead atoms. The van der Waals surface area contributed by atoms with E-state index in [9.17, 15) is 9.90 Å². The maximum Gasteiger partial charge on any atom is 0.254 e. The molecule has 138 valence electrons. The van der Waals surface area contributed by atoms with Gasteiger partial charge in [-0.1, -0.05) is 6.07 Å². The number of anilines is 1. The van der Waals surface area contributed by atoms with E-state index in [4.69, 9.17) is 15.2 Å². The fraction of sp³-hybridized carbons (Fsp3) is 0.588. The minimum absolute atomic E-state index is 0. The number of nitrogen functional groups attached to an aromatic ring is 1. The molecule has 0 aliphatic heterocycles. The summed E-state index contributed by atoms with van der Waals surface area (Å²) >= 11 is 0. The SMILES string of the molecule is Cc1ccc(N)cc1C(=O)N(C)CC(O)COCCOC(C)C.Cl. The molecule has 24 heavy (non-hydrogen) atoms. The molecule has 7 heteroatoms. The average Bonchev–Trinajstić information content (AvgIpc) is 2.48. The molecule has 0 saturated heterocycles. The average molecular weight is 361 g/mol. The van der Waals surface area contributed by atoms with Gasteiger partial charge in [0.2, 0.25) is 0 Å². The third-order valence-corrected chi connectivity index (χ3v) is 3.31. The number of aryl methyl sites for hydroxylation is 1. The number of nitrogens with two attached hydrogens (primary N) is 1. The maximum atomic E-state index is 12.4. The van der Waals surface area contributed by atoms with Crippen molar-refractivity contribution >= 4 is 24.0 Å². The Kier molecular flexibility index (Phi) is 10.6. The molecule has 0 spiro atoms. The predicted octanol–water partition coefficient (Wildman–Crippen LogP) is 1.87. The van der Waals surface area contributed by atoms with Gasteiger partial charge in [0.15, 0.2) is 0 Å². The molecule has 0 fully saturated rings. The third kappa shape index (κ3) is 7.97. The van der Waals surface area contributed by atoms with Crippen LogP contribution in [0.2, 0.25) is 0 Å². The summed E-state index contributed by atoms with van der Waals surface area (Å²) in [7, 11) is 1.65. The van der Waals surface area contributed by atoms with E-state index < -0.39 is 6.10 Å². The zero-order valence-corrected chi connectivity index (χ0v) is 15.6. The van der Waals surface area contributed by atoms with E-state index in [0.29, 0.717) is 24.5 Å². The number of hydrogen-bond acceptors (Lipinski definition) is 5. The van der Waals surface area contributed by atoms with E-state index in [-0.39, 0.29) is 37.6 Å². The molecule has 0 aliphatic carbocycles. The Bertz CT molecular complexity index is 511. The lowest BCUT2D eigenvalue weighted by Gasteiger charge is -2.22. The molecule has 3 N–H and O–H groups in total. The van der Waals surface area contributed by atoms with Crippen LogP contribution in [0.1, 0.15) is 29.8 Å². The monoisotopic (exact) mass is 360 g/mol. The molecule has 1 rings (SSSR count). The van der Waals surface area contributed by atoms with Gasteiger partial charge in [-0.2, -0.15) is 0 Å². The van der Waals surface area contributed by atoms with Crippen LogP contribution in [0, 0.1) is 6.92 Å². The Balaban J connectivity index is 0.00000529. The van der Waals surface area contributed by atoms with E-state index in [0.717, 1.165) is 5.56 Å². The van der Waals surface area contributed by atoms with Crippen LogP contribution in [-0.4, -0.2) is 61.5 Å². The summed E-state index contributed by atoms with van der Waals surface area (Å²) in [6, 6.07) is 5.22. The second-order valence-electron chi connectivity index (χ2n) is 5.91. The molecule has 1 unspecified atom stereocenters. The number of hydrogen-bond donors (Lipinski definition) is 2. The zero-order valence-electron chi connectivity index (χ0n) is 14.8. The molecule has 1 aromatic rings. The van der Waals surface area contributed by atoms with Gasteiger partial charge in [-0.25, -0.2) is 0 Å². The highest BCUT2D eigenvalue weighted by molar-refractivity contribution is 5.96. The Hall–Kier alpha value is -1.34. The van der Waals surface area contributed by atoms with Gasteiger partial charge in [-0.05, 0) is 38.5 Å². The predicted molar refractivity (Wildman–Crippen MR) is 97.7 cm³/mol. The number of carbonyl (C=O) groups excluding carboxylic acids is 1. The topological polar surface area (TPSA) is 85.0 Å². The van der Waals surface area contributed by atoms with E-state index in [1.165, 1.54) is 4.90 Å². The van der Waals surface area contributed by atoms with E-state index in [1.54, 1.807) is 19.2 Å². The van der Waals surface area contributed by atoms with Crippen LogP contribution in [-0.2, 0) is 9.47 Å². The molecular formula is C17H29ClN2O4.